The van der Waals surface area contributed by atoms with Crippen LogP contribution in [0, 0.1) is 28.4 Å². The molecule has 1 saturated carbocycles. The Morgan fingerprint density at radius 2 is 1.91 bits per heavy atom. The smallest absolute Gasteiger partial charge is 0.428 e. The van der Waals surface area contributed by atoms with Gasteiger partial charge in [0.1, 0.15) is 5.71 Å². The summed E-state index contributed by atoms with van der Waals surface area (Å²) in [5, 5.41) is 18.8. The van der Waals surface area contributed by atoms with Crippen molar-refractivity contribution in [1.82, 2.24) is 16.1 Å². The van der Waals surface area contributed by atoms with E-state index >= 15 is 0 Å². The number of likely N-dealkylation sites (N-methyl/N-ethyl adjacent to an activating group) is 1. The third-order valence-corrected chi connectivity index (χ3v) is 6.66. The van der Waals surface area contributed by atoms with Crippen molar-refractivity contribution in [2.24, 2.45) is 10.5 Å². The molecule has 3 N–H and O–H groups in total. The molecule has 0 bridgehead atoms. The highest BCUT2D eigenvalue weighted by Crippen LogP contribution is 2.47. The summed E-state index contributed by atoms with van der Waals surface area (Å²) in [5.74, 6) is -3.70. The minimum absolute atomic E-state index is 0.203. The first-order valence-electron chi connectivity index (χ1n) is 10.2. The SMILES string of the molecule is CNC(=O)C(=O)N[C@@H](C)CC1(C#N)CCC2(CC1)OC(=O)NN=C2c1cc(F)c(F)cc1Br. The molecule has 9 nitrogen and oxygen atoms in total. The van der Waals surface area contributed by atoms with E-state index in [1.807, 2.05) is 0 Å². The van der Waals surface area contributed by atoms with Crippen molar-refractivity contribution in [2.45, 2.75) is 50.7 Å². The molecule has 2 aliphatic rings. The zero-order valence-corrected chi connectivity index (χ0v) is 19.5. The van der Waals surface area contributed by atoms with E-state index in [0.717, 1.165) is 12.1 Å². The molecule has 12 heteroatoms. The number of rotatable bonds is 4. The number of hydrogen-bond donors (Lipinski definition) is 3. The number of amides is 3. The average molecular weight is 526 g/mol. The summed E-state index contributed by atoms with van der Waals surface area (Å²) in [4.78, 5) is 35.3. The Morgan fingerprint density at radius 3 is 2.52 bits per heavy atom. The highest BCUT2D eigenvalue weighted by atomic mass is 79.9. The van der Waals surface area contributed by atoms with Gasteiger partial charge in [-0.1, -0.05) is 0 Å². The van der Waals surface area contributed by atoms with E-state index < -0.39 is 46.6 Å². The van der Waals surface area contributed by atoms with Gasteiger partial charge in [0.15, 0.2) is 17.2 Å². The van der Waals surface area contributed by atoms with Crippen LogP contribution < -0.4 is 16.1 Å². The molecule has 0 saturated heterocycles. The van der Waals surface area contributed by atoms with E-state index in [1.54, 1.807) is 6.92 Å². The summed E-state index contributed by atoms with van der Waals surface area (Å²) in [7, 11) is 1.34. The molecule has 1 fully saturated rings. The molecule has 0 unspecified atom stereocenters. The highest BCUT2D eigenvalue weighted by Gasteiger charge is 2.51. The van der Waals surface area contributed by atoms with Crippen molar-refractivity contribution in [3.8, 4) is 6.07 Å². The fourth-order valence-corrected chi connectivity index (χ4v) is 4.84. The minimum atomic E-state index is -1.23. The molecule has 3 rings (SSSR count). The van der Waals surface area contributed by atoms with Gasteiger partial charge in [-0.3, -0.25) is 9.59 Å². The molecule has 33 heavy (non-hydrogen) atoms. The van der Waals surface area contributed by atoms with Crippen LogP contribution in [-0.2, 0) is 14.3 Å². The van der Waals surface area contributed by atoms with Crippen LogP contribution in [0.25, 0.3) is 0 Å². The third kappa shape index (κ3) is 4.98. The van der Waals surface area contributed by atoms with Gasteiger partial charge in [0.05, 0.1) is 11.5 Å². The maximum absolute atomic E-state index is 14.0. The molecular weight excluding hydrogens is 504 g/mol. The fraction of sp³-hybridized carbons (Fsp3) is 0.476. The predicted molar refractivity (Wildman–Crippen MR) is 116 cm³/mol. The number of nitrogens with one attached hydrogen (secondary N) is 3. The summed E-state index contributed by atoms with van der Waals surface area (Å²) in [6.45, 7) is 1.69. The Bertz CT molecular complexity index is 1060. The Hall–Kier alpha value is -3.07. The van der Waals surface area contributed by atoms with Gasteiger partial charge in [-0.2, -0.15) is 10.4 Å². The third-order valence-electron chi connectivity index (χ3n) is 6.00. The number of benzene rings is 1. The van der Waals surface area contributed by atoms with E-state index in [1.165, 1.54) is 7.05 Å². The molecule has 0 radical (unpaired) electrons. The Kier molecular flexibility index (Phi) is 7.02. The minimum Gasteiger partial charge on any atom is -0.435 e. The molecule has 1 aromatic carbocycles. The standard InChI is InChI=1S/C21H22BrF2N5O4/c1-11(27-18(31)17(30)26-2)9-20(10-25)3-5-21(6-4-20)16(28-29-19(32)33-21)12-7-14(23)15(24)8-13(12)22/h7-8,11H,3-6,9H2,1-2H3,(H,26,30)(H,27,31)(H,29,32)/t11-,20?,21?/m0/s1. The average Bonchev–Trinajstić information content (AvgIpc) is 2.78. The Morgan fingerprint density at radius 1 is 1.27 bits per heavy atom. The predicted octanol–water partition coefficient (Wildman–Crippen LogP) is 2.63. The molecule has 1 aliphatic carbocycles. The molecule has 176 valence electrons. The Balaban J connectivity index is 1.83. The number of carbonyl (C=O) groups excluding carboxylic acids is 3. The lowest BCUT2D eigenvalue weighted by Crippen LogP contribution is -2.54. The normalized spacial score (nSPS) is 25.2. The van der Waals surface area contributed by atoms with Gasteiger partial charge < -0.3 is 15.4 Å². The van der Waals surface area contributed by atoms with Crippen LogP contribution in [0.2, 0.25) is 0 Å². The van der Waals surface area contributed by atoms with Gasteiger partial charge in [-0.25, -0.2) is 19.0 Å². The summed E-state index contributed by atoms with van der Waals surface area (Å²) in [5.41, 5.74) is 0.572. The summed E-state index contributed by atoms with van der Waals surface area (Å²) in [6, 6.07) is 3.79. The van der Waals surface area contributed by atoms with Crippen LogP contribution in [0.15, 0.2) is 21.7 Å². The van der Waals surface area contributed by atoms with Crippen LogP contribution >= 0.6 is 15.9 Å². The van der Waals surface area contributed by atoms with Gasteiger partial charge in [0, 0.05) is 23.1 Å². The lowest BCUT2D eigenvalue weighted by atomic mass is 9.65. The van der Waals surface area contributed by atoms with Gasteiger partial charge in [-0.15, -0.1) is 0 Å². The number of ether oxygens (including phenoxy) is 1. The summed E-state index contributed by atoms with van der Waals surface area (Å²) < 4.78 is 33.4. The molecule has 0 aromatic heterocycles. The topological polar surface area (TPSA) is 133 Å². The lowest BCUT2D eigenvalue weighted by molar-refractivity contribution is -0.139. The first kappa shape index (κ1) is 24.6. The first-order valence-corrected chi connectivity index (χ1v) is 11.0. The van der Waals surface area contributed by atoms with E-state index in [2.05, 4.69) is 43.2 Å². The molecule has 1 aliphatic heterocycles. The van der Waals surface area contributed by atoms with Crippen molar-refractivity contribution >= 4 is 39.5 Å². The van der Waals surface area contributed by atoms with Gasteiger partial charge >= 0.3 is 17.9 Å². The molecule has 1 heterocycles. The second-order valence-corrected chi connectivity index (χ2v) is 9.11. The van der Waals surface area contributed by atoms with Crippen LogP contribution in [0.5, 0.6) is 0 Å². The van der Waals surface area contributed by atoms with Crippen LogP contribution in [0.3, 0.4) is 0 Å². The summed E-state index contributed by atoms with van der Waals surface area (Å²) >= 11 is 3.21. The van der Waals surface area contributed by atoms with Crippen molar-refractivity contribution in [3.05, 3.63) is 33.8 Å². The Labute approximate surface area is 197 Å². The molecular formula is C21H22BrF2N5O4. The maximum atomic E-state index is 14.0. The monoisotopic (exact) mass is 525 g/mol. The lowest BCUT2D eigenvalue weighted by Gasteiger charge is -2.45. The number of nitriles is 1. The van der Waals surface area contributed by atoms with Crippen LogP contribution in [0.4, 0.5) is 13.6 Å². The van der Waals surface area contributed by atoms with E-state index in [9.17, 15) is 28.4 Å². The number of carbonyl (C=O) groups is 3. The molecule has 3 amide bonds. The first-order chi connectivity index (χ1) is 15.5. The van der Waals surface area contributed by atoms with Crippen LogP contribution in [0.1, 0.15) is 44.6 Å². The quantitative estimate of drug-likeness (QED) is 0.410. The van der Waals surface area contributed by atoms with Crippen molar-refractivity contribution in [1.29, 1.82) is 5.26 Å². The van der Waals surface area contributed by atoms with Crippen molar-refractivity contribution < 1.29 is 27.9 Å². The second-order valence-electron chi connectivity index (χ2n) is 8.25. The fourth-order valence-electron chi connectivity index (χ4n) is 4.33. The number of hydrogen-bond acceptors (Lipinski definition) is 6. The number of halogens is 3. The maximum Gasteiger partial charge on any atom is 0.428 e. The zero-order chi connectivity index (χ0) is 24.4. The van der Waals surface area contributed by atoms with Gasteiger partial charge in [0.2, 0.25) is 0 Å². The molecule has 1 spiro atoms. The van der Waals surface area contributed by atoms with Crippen molar-refractivity contribution in [2.75, 3.05) is 7.05 Å². The van der Waals surface area contributed by atoms with Crippen molar-refractivity contribution in [3.63, 3.8) is 0 Å². The van der Waals surface area contributed by atoms with E-state index in [4.69, 9.17) is 4.74 Å². The van der Waals surface area contributed by atoms with Crippen LogP contribution in [-0.4, -0.2) is 42.3 Å². The largest absolute Gasteiger partial charge is 0.435 e. The van der Waals surface area contributed by atoms with E-state index in [0.29, 0.717) is 0 Å². The number of hydrazone groups is 1. The van der Waals surface area contributed by atoms with Gasteiger partial charge in [-0.05, 0) is 67.1 Å². The van der Waals surface area contributed by atoms with E-state index in [-0.39, 0.29) is 47.9 Å². The number of nitrogens with zero attached hydrogens (tertiary/aromatic N) is 2. The summed E-state index contributed by atoms with van der Waals surface area (Å²) in [6.07, 6.45) is 0.473. The molecule has 1 atom stereocenters. The second kappa shape index (κ2) is 9.43. The molecule has 1 aromatic rings. The zero-order valence-electron chi connectivity index (χ0n) is 17.9. The highest BCUT2D eigenvalue weighted by molar-refractivity contribution is 9.10. The van der Waals surface area contributed by atoms with Gasteiger partial charge in [0.25, 0.3) is 0 Å².